The second kappa shape index (κ2) is 11.1. The van der Waals surface area contributed by atoms with Crippen molar-refractivity contribution in [1.82, 2.24) is 0 Å². The molecule has 4 fully saturated rings. The molecule has 4 aliphatic carbocycles. The maximum absolute atomic E-state index is 17.6. The molecule has 1 aliphatic heterocycles. The number of benzene rings is 2. The van der Waals surface area contributed by atoms with Crippen molar-refractivity contribution >= 4 is 17.3 Å². The van der Waals surface area contributed by atoms with Crippen LogP contribution >= 0.6 is 0 Å². The molecule has 1 heterocycles. The molecule has 0 amide bonds. The number of aliphatic hydroxyl groups is 2. The molecule has 250 valence electrons. The zero-order chi connectivity index (χ0) is 33.5. The number of Topliss-reactive ketones (excluding diaryl/α,β-unsaturated/α-hetero) is 1. The minimum atomic E-state index is -2.30. The molecular formula is C37H41F2NO7. The number of carbonyl (C=O) groups excluding carboxylic acids is 2. The Hall–Kier alpha value is -3.44. The van der Waals surface area contributed by atoms with Crippen molar-refractivity contribution in [3.8, 4) is 11.5 Å². The summed E-state index contributed by atoms with van der Waals surface area (Å²) in [6.45, 7) is 6.57. The van der Waals surface area contributed by atoms with E-state index < -0.39 is 76.8 Å². The van der Waals surface area contributed by atoms with Gasteiger partial charge in [-0.1, -0.05) is 31.2 Å². The molecule has 2 aromatic rings. The maximum atomic E-state index is 17.6. The Bertz CT molecular complexity index is 1660. The second-order valence-corrected chi connectivity index (χ2v) is 14.5. The van der Waals surface area contributed by atoms with Gasteiger partial charge >= 0.3 is 0 Å². The summed E-state index contributed by atoms with van der Waals surface area (Å²) in [4.78, 5) is 25.9. The highest BCUT2D eigenvalue weighted by atomic mass is 19.1. The molecule has 7 rings (SSSR count). The zero-order valence-electron chi connectivity index (χ0n) is 26.9. The molecule has 0 bridgehead atoms. The molecule has 0 aromatic heterocycles. The average Bonchev–Trinajstić information content (AvgIpc) is 3.53. The number of alkyl halides is 2. The lowest BCUT2D eigenvalue weighted by Gasteiger charge is -2.63. The zero-order valence-corrected chi connectivity index (χ0v) is 26.9. The van der Waals surface area contributed by atoms with Gasteiger partial charge in [0.1, 0.15) is 24.3 Å². The number of ether oxygens (including phenoxy) is 3. The molecule has 8 nitrogen and oxygen atoms in total. The number of fused-ring (bicyclic) bond motifs is 7. The van der Waals surface area contributed by atoms with Crippen LogP contribution in [0.15, 0.2) is 72.3 Å². The molecule has 10 atom stereocenters. The number of rotatable bonds is 7. The Kier molecular flexibility index (Phi) is 7.55. The van der Waals surface area contributed by atoms with Gasteiger partial charge in [-0.25, -0.2) is 8.78 Å². The maximum Gasteiger partial charge on any atom is 0.193 e. The molecule has 47 heavy (non-hydrogen) atoms. The van der Waals surface area contributed by atoms with E-state index >= 15 is 8.78 Å². The van der Waals surface area contributed by atoms with E-state index in [0.29, 0.717) is 17.1 Å². The fraction of sp³-hybridized carbons (Fsp3) is 0.514. The molecule has 5 aliphatic rings. The van der Waals surface area contributed by atoms with Crippen LogP contribution in [0.4, 0.5) is 14.5 Å². The first kappa shape index (κ1) is 32.1. The second-order valence-electron chi connectivity index (χ2n) is 14.5. The molecule has 0 spiro atoms. The van der Waals surface area contributed by atoms with Gasteiger partial charge in [0, 0.05) is 40.1 Å². The molecule has 1 saturated heterocycles. The number of anilines is 1. The van der Waals surface area contributed by atoms with E-state index in [1.807, 2.05) is 24.3 Å². The lowest BCUT2D eigenvalue weighted by atomic mass is 9.44. The smallest absolute Gasteiger partial charge is 0.193 e. The van der Waals surface area contributed by atoms with Crippen molar-refractivity contribution in [1.29, 1.82) is 0 Å². The number of hydrogen-bond acceptors (Lipinski definition) is 8. The summed E-state index contributed by atoms with van der Waals surface area (Å²) in [7, 11) is 0. The average molecular weight is 650 g/mol. The summed E-state index contributed by atoms with van der Waals surface area (Å²) >= 11 is 0. The number of carbonyl (C=O) groups is 2. The minimum Gasteiger partial charge on any atom is -0.457 e. The fourth-order valence-corrected chi connectivity index (χ4v) is 9.53. The summed E-state index contributed by atoms with van der Waals surface area (Å²) in [6, 6.07) is 15.0. The topological polar surface area (TPSA) is 114 Å². The highest BCUT2D eigenvalue weighted by molar-refractivity contribution is 6.01. The van der Waals surface area contributed by atoms with Crippen LogP contribution in [0, 0.1) is 22.7 Å². The third-order valence-electron chi connectivity index (χ3n) is 11.6. The van der Waals surface area contributed by atoms with Crippen LogP contribution in [0.2, 0.25) is 0 Å². The predicted octanol–water partition coefficient (Wildman–Crippen LogP) is 5.94. The summed E-state index contributed by atoms with van der Waals surface area (Å²) in [5.74, 6) is -1.42. The van der Waals surface area contributed by atoms with Crippen LogP contribution in [0.1, 0.15) is 58.8 Å². The van der Waals surface area contributed by atoms with Gasteiger partial charge in [-0.15, -0.1) is 0 Å². The van der Waals surface area contributed by atoms with Gasteiger partial charge < -0.3 is 29.7 Å². The number of allylic oxidation sites excluding steroid dienone is 4. The van der Waals surface area contributed by atoms with E-state index in [4.69, 9.17) is 14.2 Å². The Labute approximate surface area is 272 Å². The van der Waals surface area contributed by atoms with Crippen LogP contribution in [-0.2, 0) is 19.1 Å². The first-order chi connectivity index (χ1) is 22.3. The Morgan fingerprint density at radius 1 is 1.11 bits per heavy atom. The molecule has 3 saturated carbocycles. The third kappa shape index (κ3) is 4.51. The van der Waals surface area contributed by atoms with Gasteiger partial charge in [-0.3, -0.25) is 9.59 Å². The largest absolute Gasteiger partial charge is 0.457 e. The van der Waals surface area contributed by atoms with Gasteiger partial charge in [-0.05, 0) is 87.9 Å². The number of hydrogen-bond donors (Lipinski definition) is 3. The first-order valence-electron chi connectivity index (χ1n) is 16.3. The quantitative estimate of drug-likeness (QED) is 0.338. The summed E-state index contributed by atoms with van der Waals surface area (Å²) in [5, 5.41) is 25.2. The van der Waals surface area contributed by atoms with E-state index in [2.05, 4.69) is 19.2 Å². The van der Waals surface area contributed by atoms with E-state index in [1.165, 1.54) is 19.1 Å². The molecule has 3 N–H and O–H groups in total. The van der Waals surface area contributed by atoms with E-state index in [1.54, 1.807) is 31.2 Å². The summed E-state index contributed by atoms with van der Waals surface area (Å²) < 4.78 is 52.4. The number of nitrogens with one attached hydrogen (secondary N) is 1. The van der Waals surface area contributed by atoms with E-state index in [-0.39, 0.29) is 30.9 Å². The van der Waals surface area contributed by atoms with Gasteiger partial charge in [0.05, 0.1) is 12.2 Å². The lowest BCUT2D eigenvalue weighted by molar-refractivity contribution is -0.235. The Morgan fingerprint density at radius 2 is 1.85 bits per heavy atom. The highest BCUT2D eigenvalue weighted by Crippen LogP contribution is 2.72. The van der Waals surface area contributed by atoms with Crippen molar-refractivity contribution in [2.75, 3.05) is 11.9 Å². The van der Waals surface area contributed by atoms with Gasteiger partial charge in [0.15, 0.2) is 29.1 Å². The molecule has 0 unspecified atom stereocenters. The SMILES string of the molecule is CC(C)Nc1cccc(Oc2ccc([C@@H]3O[C@@H]4C[C@H]5[C@@H]6C[C@H](F)C7=CC(=O)C=C[C@]7(C)[C@@]6(F)[C@@H](O)C[C@]5(C)[C@]4(C(=O)CO)O3)cc2)c1. The molecule has 10 heteroatoms. The van der Waals surface area contributed by atoms with Gasteiger partial charge in [0.25, 0.3) is 0 Å². The van der Waals surface area contributed by atoms with E-state index in [9.17, 15) is 19.8 Å². The van der Waals surface area contributed by atoms with Gasteiger partial charge in [-0.2, -0.15) is 0 Å². The van der Waals surface area contributed by atoms with Crippen molar-refractivity contribution in [3.05, 3.63) is 77.9 Å². The summed E-state index contributed by atoms with van der Waals surface area (Å²) in [6.07, 6.45) is -1.55. The first-order valence-corrected chi connectivity index (χ1v) is 16.3. The number of ketones is 2. The lowest BCUT2D eigenvalue weighted by Crippen LogP contribution is -2.70. The Morgan fingerprint density at radius 3 is 2.55 bits per heavy atom. The molecule has 2 aromatic carbocycles. The molecular weight excluding hydrogens is 608 g/mol. The normalized spacial score (nSPS) is 40.3. The Balaban J connectivity index is 1.17. The monoisotopic (exact) mass is 649 g/mol. The highest BCUT2D eigenvalue weighted by Gasteiger charge is 2.80. The fourth-order valence-electron chi connectivity index (χ4n) is 9.53. The summed E-state index contributed by atoms with van der Waals surface area (Å²) in [5.41, 5.74) is -5.14. The van der Waals surface area contributed by atoms with Crippen molar-refractivity contribution in [3.63, 3.8) is 0 Å². The van der Waals surface area contributed by atoms with Crippen LogP contribution in [0.25, 0.3) is 0 Å². The molecule has 0 radical (unpaired) electrons. The van der Waals surface area contributed by atoms with Crippen molar-refractivity contribution in [2.24, 2.45) is 22.7 Å². The van der Waals surface area contributed by atoms with E-state index in [0.717, 1.165) is 11.8 Å². The van der Waals surface area contributed by atoms with Crippen molar-refractivity contribution in [2.45, 2.75) is 88.9 Å². The number of aliphatic hydroxyl groups excluding tert-OH is 2. The minimum absolute atomic E-state index is 0.0330. The predicted molar refractivity (Wildman–Crippen MR) is 169 cm³/mol. The van der Waals surface area contributed by atoms with Crippen LogP contribution in [0.5, 0.6) is 11.5 Å². The van der Waals surface area contributed by atoms with Crippen LogP contribution in [-0.4, -0.2) is 64.1 Å². The third-order valence-corrected chi connectivity index (χ3v) is 11.6. The number of halogens is 2. The van der Waals surface area contributed by atoms with Crippen LogP contribution in [0.3, 0.4) is 0 Å². The standard InChI is InChI=1S/C37H41F2NO7/c1-20(2)40-22-6-5-7-25(14-22)45-24-10-8-21(9-11-24)33-46-32-17-26-27-16-29(38)28-15-23(42)12-13-34(28,3)36(27,39)30(43)18-35(26,4)37(32,47-33)31(44)19-41/h5-15,20,26-27,29-30,32-33,40-41,43H,16-19H2,1-4H3/t26-,27-,29-,30-,32+,33+,34-,35-,36-,37+/m0/s1. The van der Waals surface area contributed by atoms with Crippen LogP contribution < -0.4 is 10.1 Å². The van der Waals surface area contributed by atoms with Gasteiger partial charge in [0.2, 0.25) is 0 Å². The van der Waals surface area contributed by atoms with Crippen molar-refractivity contribution < 1.29 is 42.8 Å².